The maximum atomic E-state index is 14.2. The predicted octanol–water partition coefficient (Wildman–Crippen LogP) is 2.34. The Morgan fingerprint density at radius 1 is 1.30 bits per heavy atom. The second-order valence-electron chi connectivity index (χ2n) is 5.36. The lowest BCUT2D eigenvalue weighted by atomic mass is 9.76. The van der Waals surface area contributed by atoms with Crippen LogP contribution >= 0.6 is 0 Å². The van der Waals surface area contributed by atoms with Gasteiger partial charge in [0.25, 0.3) is 0 Å². The number of hydrogen-bond donors (Lipinski definition) is 2. The molecule has 0 amide bonds. The van der Waals surface area contributed by atoms with E-state index in [0.29, 0.717) is 34.7 Å². The van der Waals surface area contributed by atoms with Crippen LogP contribution in [-0.2, 0) is 11.3 Å². The predicted molar refractivity (Wildman–Crippen MR) is 84.0 cm³/mol. The number of halogens is 1. The van der Waals surface area contributed by atoms with Crippen LogP contribution in [0.3, 0.4) is 0 Å². The van der Waals surface area contributed by atoms with E-state index in [9.17, 15) is 9.41 Å². The number of nitrogens with zero attached hydrogens (tertiary/aromatic N) is 1. The molecule has 0 aromatic heterocycles. The third kappa shape index (κ3) is 2.80. The van der Waals surface area contributed by atoms with Crippen LogP contribution in [-0.4, -0.2) is 23.1 Å². The minimum atomic E-state index is -0.982. The molecule has 3 rings (SSSR count). The molecule has 0 radical (unpaired) electrons. The fourth-order valence-corrected chi connectivity index (χ4v) is 2.58. The first-order chi connectivity index (χ1) is 11.0. The van der Waals surface area contributed by atoms with Crippen molar-refractivity contribution in [3.8, 4) is 11.5 Å². The number of fused-ring (bicyclic) bond motifs is 1. The summed E-state index contributed by atoms with van der Waals surface area (Å²) in [6.07, 6.45) is 0. The highest BCUT2D eigenvalue weighted by Gasteiger charge is 2.30. The number of oxime groups is 1. The zero-order valence-electron chi connectivity index (χ0n) is 12.7. The van der Waals surface area contributed by atoms with Gasteiger partial charge in [-0.1, -0.05) is 11.2 Å². The highest BCUT2D eigenvalue weighted by Crippen LogP contribution is 2.29. The summed E-state index contributed by atoms with van der Waals surface area (Å²) in [6, 6.07) is 7.84. The van der Waals surface area contributed by atoms with Gasteiger partial charge >= 0.3 is 7.12 Å². The van der Waals surface area contributed by atoms with Crippen LogP contribution in [0, 0.1) is 12.7 Å². The molecule has 5 nitrogen and oxygen atoms in total. The lowest BCUT2D eigenvalue weighted by molar-refractivity contribution is 0.275. The van der Waals surface area contributed by atoms with Crippen LogP contribution in [0.1, 0.15) is 23.6 Å². The van der Waals surface area contributed by atoms with Crippen molar-refractivity contribution in [2.45, 2.75) is 20.5 Å². The molecule has 0 saturated heterocycles. The molecule has 118 valence electrons. The van der Waals surface area contributed by atoms with E-state index in [4.69, 9.17) is 14.6 Å². The Morgan fingerprint density at radius 2 is 2.04 bits per heavy atom. The van der Waals surface area contributed by atoms with Gasteiger partial charge in [0.2, 0.25) is 0 Å². The van der Waals surface area contributed by atoms with Crippen LogP contribution in [0.2, 0.25) is 0 Å². The van der Waals surface area contributed by atoms with Gasteiger partial charge in [-0.05, 0) is 54.7 Å². The second kappa shape index (κ2) is 6.02. The summed E-state index contributed by atoms with van der Waals surface area (Å²) in [4.78, 5) is 0. The summed E-state index contributed by atoms with van der Waals surface area (Å²) in [7, 11) is -0.982. The van der Waals surface area contributed by atoms with Crippen molar-refractivity contribution >= 4 is 18.3 Å². The van der Waals surface area contributed by atoms with Crippen molar-refractivity contribution in [2.75, 3.05) is 0 Å². The highest BCUT2D eigenvalue weighted by molar-refractivity contribution is 6.62. The molecular formula is C16H15BFNO4. The molecule has 7 heteroatoms. The van der Waals surface area contributed by atoms with E-state index in [1.165, 1.54) is 12.1 Å². The molecule has 0 fully saturated rings. The van der Waals surface area contributed by atoms with Crippen LogP contribution in [0.25, 0.3) is 0 Å². The normalized spacial score (nSPS) is 14.1. The quantitative estimate of drug-likeness (QED) is 0.395. The lowest BCUT2D eigenvalue weighted by Gasteiger charge is -2.13. The summed E-state index contributed by atoms with van der Waals surface area (Å²) in [5, 5.41) is 21.6. The molecule has 0 spiro atoms. The van der Waals surface area contributed by atoms with Gasteiger partial charge in [0.05, 0.1) is 12.3 Å². The molecular weight excluding hydrogens is 300 g/mol. The first kappa shape index (κ1) is 15.5. The zero-order valence-corrected chi connectivity index (χ0v) is 12.7. The first-order valence-electron chi connectivity index (χ1n) is 7.09. The van der Waals surface area contributed by atoms with E-state index in [-0.39, 0.29) is 5.75 Å². The van der Waals surface area contributed by atoms with Gasteiger partial charge in [0, 0.05) is 5.56 Å². The summed E-state index contributed by atoms with van der Waals surface area (Å²) >= 11 is 0. The lowest BCUT2D eigenvalue weighted by Crippen LogP contribution is -2.30. The van der Waals surface area contributed by atoms with Crippen molar-refractivity contribution < 1.29 is 24.0 Å². The van der Waals surface area contributed by atoms with E-state index in [2.05, 4.69) is 5.16 Å². The minimum Gasteiger partial charge on any atom is -0.454 e. The van der Waals surface area contributed by atoms with Crippen LogP contribution < -0.4 is 10.2 Å². The average molecular weight is 315 g/mol. The number of hydrogen-bond acceptors (Lipinski definition) is 5. The maximum absolute atomic E-state index is 14.2. The van der Waals surface area contributed by atoms with Gasteiger partial charge in [-0.15, -0.1) is 0 Å². The van der Waals surface area contributed by atoms with Crippen molar-refractivity contribution in [2.24, 2.45) is 5.16 Å². The molecule has 0 aliphatic carbocycles. The van der Waals surface area contributed by atoms with Crippen molar-refractivity contribution in [3.05, 3.63) is 52.8 Å². The molecule has 0 unspecified atom stereocenters. The fourth-order valence-electron chi connectivity index (χ4n) is 2.58. The molecule has 1 aliphatic rings. The summed E-state index contributed by atoms with van der Waals surface area (Å²) in [5.74, 6) is -0.0642. The summed E-state index contributed by atoms with van der Waals surface area (Å²) in [6.45, 7) is 3.71. The zero-order chi connectivity index (χ0) is 16.6. The smallest absolute Gasteiger partial charge is 0.454 e. The van der Waals surface area contributed by atoms with Gasteiger partial charge in [0.15, 0.2) is 11.6 Å². The Kier molecular flexibility index (Phi) is 4.06. The minimum absolute atomic E-state index is 0.0518. The number of benzene rings is 2. The van der Waals surface area contributed by atoms with E-state index < -0.39 is 12.9 Å². The van der Waals surface area contributed by atoms with Crippen molar-refractivity contribution in [1.82, 2.24) is 0 Å². The molecule has 2 aromatic carbocycles. The average Bonchev–Trinajstić information content (AvgIpc) is 2.92. The summed E-state index contributed by atoms with van der Waals surface area (Å²) in [5.41, 5.74) is 3.05. The molecule has 0 bridgehead atoms. The Labute approximate surface area is 133 Å². The van der Waals surface area contributed by atoms with E-state index in [1.54, 1.807) is 32.0 Å². The molecule has 1 heterocycles. The topological polar surface area (TPSA) is 71.3 Å². The van der Waals surface area contributed by atoms with Gasteiger partial charge in [0.1, 0.15) is 5.75 Å². The molecule has 0 saturated carbocycles. The standard InChI is InChI=1S/C16H15BFNO4/c1-9-14(5-4-12-8-22-17(20)16(9)12)23-15-6-3-11(7-13(15)18)10(2)19-21/h3-7,20-21H,8H2,1-2H3. The number of rotatable bonds is 3. The molecule has 2 N–H and O–H groups in total. The first-order valence-corrected chi connectivity index (χ1v) is 7.09. The van der Waals surface area contributed by atoms with Gasteiger partial charge in [-0.2, -0.15) is 0 Å². The van der Waals surface area contributed by atoms with Crippen molar-refractivity contribution in [1.29, 1.82) is 0 Å². The fraction of sp³-hybridized carbons (Fsp3) is 0.188. The maximum Gasteiger partial charge on any atom is 0.492 e. The van der Waals surface area contributed by atoms with Crippen LogP contribution in [0.5, 0.6) is 11.5 Å². The third-order valence-electron chi connectivity index (χ3n) is 3.92. The second-order valence-corrected chi connectivity index (χ2v) is 5.36. The van der Waals surface area contributed by atoms with E-state index in [0.717, 1.165) is 5.56 Å². The van der Waals surface area contributed by atoms with Crippen LogP contribution in [0.4, 0.5) is 4.39 Å². The SMILES string of the molecule is CC(=NO)c1ccc(Oc2ccc3c(c2C)B(O)OC3)c(F)c1. The monoisotopic (exact) mass is 315 g/mol. The Morgan fingerprint density at radius 3 is 2.74 bits per heavy atom. The molecule has 2 aromatic rings. The Bertz CT molecular complexity index is 794. The Balaban J connectivity index is 1.93. The van der Waals surface area contributed by atoms with Gasteiger partial charge in [-0.25, -0.2) is 4.39 Å². The third-order valence-corrected chi connectivity index (χ3v) is 3.92. The van der Waals surface area contributed by atoms with E-state index >= 15 is 0 Å². The highest BCUT2D eigenvalue weighted by atomic mass is 19.1. The summed E-state index contributed by atoms with van der Waals surface area (Å²) < 4.78 is 25.0. The number of ether oxygens (including phenoxy) is 1. The van der Waals surface area contributed by atoms with Gasteiger partial charge < -0.3 is 19.6 Å². The molecule has 1 aliphatic heterocycles. The molecule has 0 atom stereocenters. The van der Waals surface area contributed by atoms with Crippen LogP contribution in [0.15, 0.2) is 35.5 Å². The van der Waals surface area contributed by atoms with Gasteiger partial charge in [-0.3, -0.25) is 0 Å². The van der Waals surface area contributed by atoms with E-state index in [1.807, 2.05) is 0 Å². The Hall–Kier alpha value is -2.38. The van der Waals surface area contributed by atoms with Crippen molar-refractivity contribution in [3.63, 3.8) is 0 Å². The molecule has 23 heavy (non-hydrogen) atoms. The largest absolute Gasteiger partial charge is 0.492 e.